The summed E-state index contributed by atoms with van der Waals surface area (Å²) in [6, 6.07) is 17.7. The third-order valence-corrected chi connectivity index (χ3v) is 5.80. The predicted molar refractivity (Wildman–Crippen MR) is 94.1 cm³/mol. The molecule has 2 aliphatic heterocycles. The van der Waals surface area contributed by atoms with Crippen LogP contribution in [0.1, 0.15) is 47.7 Å². The quantitative estimate of drug-likeness (QED) is 0.601. The molecule has 1 spiro atoms. The largest absolute Gasteiger partial charge is 0.458 e. The van der Waals surface area contributed by atoms with Crippen LogP contribution in [0, 0.1) is 0 Å². The molecule has 2 heterocycles. The van der Waals surface area contributed by atoms with Crippen molar-refractivity contribution in [2.24, 2.45) is 0 Å². The number of carbonyl (C=O) groups is 1. The first-order valence-electron chi connectivity index (χ1n) is 8.89. The summed E-state index contributed by atoms with van der Waals surface area (Å²) in [7, 11) is 0. The van der Waals surface area contributed by atoms with Crippen molar-refractivity contribution in [2.45, 2.75) is 43.5 Å². The van der Waals surface area contributed by atoms with Crippen molar-refractivity contribution in [2.75, 3.05) is 0 Å². The molecular formula is C22H20O3. The van der Waals surface area contributed by atoms with Crippen molar-refractivity contribution in [1.29, 1.82) is 0 Å². The van der Waals surface area contributed by atoms with Crippen molar-refractivity contribution < 1.29 is 14.3 Å². The molecule has 1 saturated carbocycles. The van der Waals surface area contributed by atoms with E-state index in [4.69, 9.17) is 9.47 Å². The molecule has 126 valence electrons. The van der Waals surface area contributed by atoms with E-state index in [1.165, 1.54) is 16.7 Å². The summed E-state index contributed by atoms with van der Waals surface area (Å²) in [5, 5.41) is 0. The molecule has 3 atom stereocenters. The van der Waals surface area contributed by atoms with Crippen LogP contribution in [0.3, 0.4) is 0 Å². The summed E-state index contributed by atoms with van der Waals surface area (Å²) in [6.45, 7) is 2.14. The Bertz CT molecular complexity index is 885. The van der Waals surface area contributed by atoms with Crippen LogP contribution < -0.4 is 0 Å². The maximum absolute atomic E-state index is 12.4. The monoisotopic (exact) mass is 332 g/mol. The van der Waals surface area contributed by atoms with Gasteiger partial charge in [-0.2, -0.15) is 0 Å². The van der Waals surface area contributed by atoms with E-state index < -0.39 is 0 Å². The Labute approximate surface area is 147 Å². The van der Waals surface area contributed by atoms with Crippen LogP contribution in [-0.4, -0.2) is 12.1 Å². The van der Waals surface area contributed by atoms with Gasteiger partial charge in [0.2, 0.25) is 0 Å². The number of carbonyl (C=O) groups excluding carboxylic acids is 1. The summed E-state index contributed by atoms with van der Waals surface area (Å²) in [5.74, 6) is -0.238. The molecule has 0 aromatic heterocycles. The third-order valence-electron chi connectivity index (χ3n) is 5.80. The summed E-state index contributed by atoms with van der Waals surface area (Å²) >= 11 is 0. The van der Waals surface area contributed by atoms with Crippen LogP contribution in [-0.2, 0) is 20.7 Å². The Kier molecular flexibility index (Phi) is 3.02. The average molecular weight is 332 g/mol. The van der Waals surface area contributed by atoms with E-state index in [1.807, 2.05) is 18.2 Å². The first-order chi connectivity index (χ1) is 12.1. The third kappa shape index (κ3) is 2.05. The predicted octanol–water partition coefficient (Wildman–Crippen LogP) is 4.48. The topological polar surface area (TPSA) is 35.5 Å². The first kappa shape index (κ1) is 14.9. The van der Waals surface area contributed by atoms with Gasteiger partial charge >= 0.3 is 5.97 Å². The fraction of sp³-hybridized carbons (Fsp3) is 0.318. The van der Waals surface area contributed by atoms with Gasteiger partial charge in [-0.15, -0.1) is 0 Å². The van der Waals surface area contributed by atoms with Crippen LogP contribution in [0.15, 0.2) is 66.2 Å². The molecule has 2 aromatic carbocycles. The summed E-state index contributed by atoms with van der Waals surface area (Å²) in [5.41, 5.74) is 3.80. The number of benzene rings is 2. The lowest BCUT2D eigenvalue weighted by Crippen LogP contribution is -2.36. The second-order valence-electron chi connectivity index (χ2n) is 7.39. The molecule has 3 nitrogen and oxygen atoms in total. The van der Waals surface area contributed by atoms with E-state index in [1.54, 1.807) is 12.1 Å². The standard InChI is InChI=1S/C22H20O3/c1-21-14-16-13-17(24-20(23)15-7-3-2-4-8-15)11-12-22(16,25-21)19-10-6-5-9-18(19)21/h2-10,14,17H,11-13H2,1H3/t17-,21-,22+/m1/s1. The van der Waals surface area contributed by atoms with Crippen molar-refractivity contribution >= 4 is 5.97 Å². The Morgan fingerprint density at radius 1 is 1.08 bits per heavy atom. The van der Waals surface area contributed by atoms with Crippen LogP contribution >= 0.6 is 0 Å². The minimum Gasteiger partial charge on any atom is -0.458 e. The molecule has 1 aliphatic carbocycles. The highest BCUT2D eigenvalue weighted by Gasteiger charge is 2.59. The van der Waals surface area contributed by atoms with Gasteiger partial charge in [-0.1, -0.05) is 42.5 Å². The molecule has 0 amide bonds. The highest BCUT2D eigenvalue weighted by molar-refractivity contribution is 5.89. The average Bonchev–Trinajstić information content (AvgIpc) is 3.08. The van der Waals surface area contributed by atoms with Crippen LogP contribution in [0.25, 0.3) is 0 Å². The van der Waals surface area contributed by atoms with Gasteiger partial charge in [0, 0.05) is 6.42 Å². The van der Waals surface area contributed by atoms with Gasteiger partial charge < -0.3 is 9.47 Å². The van der Waals surface area contributed by atoms with Gasteiger partial charge in [-0.05, 0) is 54.7 Å². The van der Waals surface area contributed by atoms with Gasteiger partial charge in [0.15, 0.2) is 0 Å². The molecular weight excluding hydrogens is 312 g/mol. The number of hydrogen-bond acceptors (Lipinski definition) is 3. The minimum absolute atomic E-state index is 0.0803. The maximum atomic E-state index is 12.4. The van der Waals surface area contributed by atoms with Crippen molar-refractivity contribution in [1.82, 2.24) is 0 Å². The lowest BCUT2D eigenvalue weighted by molar-refractivity contribution is -0.0871. The number of esters is 1. The van der Waals surface area contributed by atoms with E-state index in [-0.39, 0.29) is 23.3 Å². The van der Waals surface area contributed by atoms with E-state index in [9.17, 15) is 4.79 Å². The van der Waals surface area contributed by atoms with Gasteiger partial charge in [-0.3, -0.25) is 0 Å². The van der Waals surface area contributed by atoms with Crippen molar-refractivity contribution in [3.8, 4) is 0 Å². The second-order valence-corrected chi connectivity index (χ2v) is 7.39. The number of ether oxygens (including phenoxy) is 2. The smallest absolute Gasteiger partial charge is 0.338 e. The minimum atomic E-state index is -0.343. The van der Waals surface area contributed by atoms with E-state index in [0.717, 1.165) is 19.3 Å². The summed E-state index contributed by atoms with van der Waals surface area (Å²) in [4.78, 5) is 12.4. The van der Waals surface area contributed by atoms with E-state index in [2.05, 4.69) is 37.3 Å². The highest BCUT2D eigenvalue weighted by Crippen LogP contribution is 2.62. The molecule has 1 fully saturated rings. The molecule has 2 bridgehead atoms. The number of fused-ring (bicyclic) bond motifs is 3. The maximum Gasteiger partial charge on any atom is 0.338 e. The van der Waals surface area contributed by atoms with Gasteiger partial charge in [0.1, 0.15) is 17.3 Å². The molecule has 3 aliphatic rings. The Balaban J connectivity index is 1.40. The van der Waals surface area contributed by atoms with Crippen LogP contribution in [0.5, 0.6) is 0 Å². The van der Waals surface area contributed by atoms with Gasteiger partial charge in [-0.25, -0.2) is 4.79 Å². The lowest BCUT2D eigenvalue weighted by Gasteiger charge is -2.37. The zero-order chi connectivity index (χ0) is 17.1. The van der Waals surface area contributed by atoms with Crippen molar-refractivity contribution in [3.63, 3.8) is 0 Å². The molecule has 25 heavy (non-hydrogen) atoms. The fourth-order valence-electron chi connectivity index (χ4n) is 4.71. The summed E-state index contributed by atoms with van der Waals surface area (Å²) in [6.07, 6.45) is 4.60. The van der Waals surface area contributed by atoms with Gasteiger partial charge in [0.05, 0.1) is 5.56 Å². The van der Waals surface area contributed by atoms with Crippen LogP contribution in [0.4, 0.5) is 0 Å². The second kappa shape index (κ2) is 5.06. The summed E-state index contributed by atoms with van der Waals surface area (Å²) < 4.78 is 12.3. The SMILES string of the molecule is C[C@]12C=C3C[C@H](OC(=O)c4ccccc4)CC[C@@]3(O1)c1ccccc12. The molecule has 0 saturated heterocycles. The Morgan fingerprint density at radius 2 is 1.80 bits per heavy atom. The van der Waals surface area contributed by atoms with Crippen molar-refractivity contribution in [3.05, 3.63) is 82.9 Å². The number of rotatable bonds is 2. The first-order valence-corrected chi connectivity index (χ1v) is 8.89. The Morgan fingerprint density at radius 3 is 2.60 bits per heavy atom. The molecule has 5 rings (SSSR count). The van der Waals surface area contributed by atoms with Crippen LogP contribution in [0.2, 0.25) is 0 Å². The molecule has 0 unspecified atom stereocenters. The lowest BCUT2D eigenvalue weighted by atomic mass is 9.70. The zero-order valence-corrected chi connectivity index (χ0v) is 14.2. The van der Waals surface area contributed by atoms with Gasteiger partial charge in [0.25, 0.3) is 0 Å². The fourth-order valence-corrected chi connectivity index (χ4v) is 4.71. The molecule has 0 N–H and O–H groups in total. The normalized spacial score (nSPS) is 31.9. The number of hydrogen-bond donors (Lipinski definition) is 0. The molecule has 0 radical (unpaired) electrons. The van der Waals surface area contributed by atoms with E-state index in [0.29, 0.717) is 5.56 Å². The zero-order valence-electron chi connectivity index (χ0n) is 14.2. The molecule has 3 heteroatoms. The Hall–Kier alpha value is -2.39. The van der Waals surface area contributed by atoms with E-state index >= 15 is 0 Å². The molecule has 2 aromatic rings. The highest BCUT2D eigenvalue weighted by atomic mass is 16.5.